The molecule has 0 saturated carbocycles. The molecule has 2 aromatic rings. The number of halogens is 1. The summed E-state index contributed by atoms with van der Waals surface area (Å²) in [6.45, 7) is 7.91. The van der Waals surface area contributed by atoms with Crippen molar-refractivity contribution in [2.75, 3.05) is 6.61 Å². The van der Waals surface area contributed by atoms with E-state index in [0.717, 1.165) is 18.4 Å². The number of nitrogens with zero attached hydrogens (tertiary/aromatic N) is 2. The van der Waals surface area contributed by atoms with Crippen LogP contribution in [0, 0.1) is 5.92 Å². The van der Waals surface area contributed by atoms with E-state index < -0.39 is 5.97 Å². The zero-order valence-electron chi connectivity index (χ0n) is 18.1. The molecule has 164 valence electrons. The first-order chi connectivity index (χ1) is 15.0. The lowest BCUT2D eigenvalue weighted by atomic mass is 9.84. The average Bonchev–Trinajstić information content (AvgIpc) is 2.78. The van der Waals surface area contributed by atoms with Gasteiger partial charge in [0.1, 0.15) is 5.69 Å². The number of rotatable bonds is 8. The predicted octanol–water partition coefficient (Wildman–Crippen LogP) is 5.92. The Balaban J connectivity index is 2.01. The molecule has 3 rings (SSSR count). The van der Waals surface area contributed by atoms with Crippen LogP contribution in [0.4, 0.5) is 0 Å². The van der Waals surface area contributed by atoms with Gasteiger partial charge in [-0.15, -0.1) is 6.58 Å². The Morgan fingerprint density at radius 1 is 1.26 bits per heavy atom. The van der Waals surface area contributed by atoms with Crippen molar-refractivity contribution in [1.82, 2.24) is 9.88 Å². The summed E-state index contributed by atoms with van der Waals surface area (Å²) in [6.07, 6.45) is 4.79. The number of esters is 1. The largest absolute Gasteiger partial charge is 0.461 e. The molecule has 1 aromatic carbocycles. The highest BCUT2D eigenvalue weighted by Gasteiger charge is 2.40. The van der Waals surface area contributed by atoms with Gasteiger partial charge in [-0.05, 0) is 62.4 Å². The summed E-state index contributed by atoms with van der Waals surface area (Å²) in [6, 6.07) is 12.7. The van der Waals surface area contributed by atoms with Crippen molar-refractivity contribution in [3.05, 3.63) is 77.1 Å². The topological polar surface area (TPSA) is 59.5 Å². The SMILES string of the molecule is C=CCC1CCC(c2ccc(Cl)cc2)N(C(CC)c2cccc(C(=O)OCC)n2)C1=O. The molecule has 1 aromatic heterocycles. The van der Waals surface area contributed by atoms with E-state index in [1.54, 1.807) is 19.1 Å². The van der Waals surface area contributed by atoms with Crippen LogP contribution in [0.2, 0.25) is 5.02 Å². The smallest absolute Gasteiger partial charge is 0.356 e. The van der Waals surface area contributed by atoms with Crippen molar-refractivity contribution < 1.29 is 14.3 Å². The first-order valence-corrected chi connectivity index (χ1v) is 11.2. The summed E-state index contributed by atoms with van der Waals surface area (Å²) in [5.41, 5.74) is 2.00. The second-order valence-corrected chi connectivity index (χ2v) is 8.14. The number of piperidine rings is 1. The number of aromatic nitrogens is 1. The zero-order chi connectivity index (χ0) is 22.4. The van der Waals surface area contributed by atoms with Gasteiger partial charge in [0.2, 0.25) is 5.91 Å². The van der Waals surface area contributed by atoms with E-state index in [1.165, 1.54) is 0 Å². The molecule has 3 unspecified atom stereocenters. The van der Waals surface area contributed by atoms with Crippen LogP contribution in [-0.2, 0) is 9.53 Å². The lowest BCUT2D eigenvalue weighted by molar-refractivity contribution is -0.145. The minimum absolute atomic E-state index is 0.0798. The number of benzene rings is 1. The van der Waals surface area contributed by atoms with Gasteiger partial charge in [-0.1, -0.05) is 42.8 Å². The molecule has 31 heavy (non-hydrogen) atoms. The Labute approximate surface area is 189 Å². The van der Waals surface area contributed by atoms with Gasteiger partial charge in [0.05, 0.1) is 24.4 Å². The van der Waals surface area contributed by atoms with Crippen LogP contribution in [0.15, 0.2) is 55.1 Å². The summed E-state index contributed by atoms with van der Waals surface area (Å²) in [7, 11) is 0. The summed E-state index contributed by atoms with van der Waals surface area (Å²) in [5, 5.41) is 0.665. The lowest BCUT2D eigenvalue weighted by Crippen LogP contribution is -2.45. The van der Waals surface area contributed by atoms with Crippen LogP contribution in [0.1, 0.15) is 73.4 Å². The third kappa shape index (κ3) is 5.16. The van der Waals surface area contributed by atoms with Gasteiger partial charge >= 0.3 is 5.97 Å². The number of likely N-dealkylation sites (tertiary alicyclic amines) is 1. The number of amides is 1. The van der Waals surface area contributed by atoms with Crippen LogP contribution in [0.25, 0.3) is 0 Å². The Morgan fingerprint density at radius 3 is 2.65 bits per heavy atom. The van der Waals surface area contributed by atoms with Crippen LogP contribution in [0.3, 0.4) is 0 Å². The molecule has 1 saturated heterocycles. The fourth-order valence-corrected chi connectivity index (χ4v) is 4.42. The van der Waals surface area contributed by atoms with E-state index in [9.17, 15) is 9.59 Å². The van der Waals surface area contributed by atoms with Crippen LogP contribution < -0.4 is 0 Å². The van der Waals surface area contributed by atoms with Crippen molar-refractivity contribution >= 4 is 23.5 Å². The molecule has 5 nitrogen and oxygen atoms in total. The Hall–Kier alpha value is -2.66. The number of hydrogen-bond donors (Lipinski definition) is 0. The minimum atomic E-state index is -0.456. The second kappa shape index (κ2) is 10.6. The van der Waals surface area contributed by atoms with E-state index in [4.69, 9.17) is 16.3 Å². The van der Waals surface area contributed by atoms with Gasteiger partial charge in [-0.25, -0.2) is 9.78 Å². The monoisotopic (exact) mass is 440 g/mol. The summed E-state index contributed by atoms with van der Waals surface area (Å²) in [4.78, 5) is 32.3. The molecular weight excluding hydrogens is 412 g/mol. The van der Waals surface area contributed by atoms with Gasteiger partial charge in [0.25, 0.3) is 0 Å². The number of hydrogen-bond acceptors (Lipinski definition) is 4. The zero-order valence-corrected chi connectivity index (χ0v) is 18.8. The van der Waals surface area contributed by atoms with Gasteiger partial charge in [-0.3, -0.25) is 4.79 Å². The standard InChI is InChI=1S/C25H29ClN2O3/c1-4-8-18-13-16-23(17-11-14-19(26)15-12-17)28(24(18)29)22(5-2)20-9-7-10-21(27-20)25(30)31-6-3/h4,7,9-12,14-15,18,22-23H,1,5-6,8,13,16H2,2-3H3. The quantitative estimate of drug-likeness (QED) is 0.377. The maximum absolute atomic E-state index is 13.6. The summed E-state index contributed by atoms with van der Waals surface area (Å²) < 4.78 is 5.11. The molecule has 0 radical (unpaired) electrons. The maximum Gasteiger partial charge on any atom is 0.356 e. The number of carbonyl (C=O) groups is 2. The van der Waals surface area contributed by atoms with Gasteiger partial charge in [0, 0.05) is 10.9 Å². The van der Waals surface area contributed by atoms with Crippen molar-refractivity contribution in [2.24, 2.45) is 5.92 Å². The van der Waals surface area contributed by atoms with Crippen molar-refractivity contribution in [3.63, 3.8) is 0 Å². The Bertz CT molecular complexity index is 929. The molecule has 3 atom stereocenters. The Morgan fingerprint density at radius 2 is 2.00 bits per heavy atom. The van der Waals surface area contributed by atoms with E-state index in [1.807, 2.05) is 48.2 Å². The van der Waals surface area contributed by atoms with Gasteiger partial charge < -0.3 is 9.64 Å². The molecule has 1 aliphatic rings. The molecule has 0 aliphatic carbocycles. The third-order valence-electron chi connectivity index (χ3n) is 5.75. The molecule has 0 spiro atoms. The highest BCUT2D eigenvalue weighted by atomic mass is 35.5. The molecule has 0 bridgehead atoms. The van der Waals surface area contributed by atoms with Gasteiger partial charge in [0.15, 0.2) is 0 Å². The molecule has 1 fully saturated rings. The number of pyridine rings is 1. The molecular formula is C25H29ClN2O3. The molecule has 1 aliphatic heterocycles. The van der Waals surface area contributed by atoms with Crippen molar-refractivity contribution in [1.29, 1.82) is 0 Å². The number of allylic oxidation sites excluding steroid dienone is 1. The number of carbonyl (C=O) groups excluding carboxylic acids is 2. The van der Waals surface area contributed by atoms with E-state index >= 15 is 0 Å². The average molecular weight is 441 g/mol. The van der Waals surface area contributed by atoms with Crippen LogP contribution in [-0.4, -0.2) is 28.4 Å². The van der Waals surface area contributed by atoms with Crippen molar-refractivity contribution in [3.8, 4) is 0 Å². The molecule has 2 heterocycles. The number of ether oxygens (including phenoxy) is 1. The van der Waals surface area contributed by atoms with Crippen LogP contribution in [0.5, 0.6) is 0 Å². The van der Waals surface area contributed by atoms with E-state index in [2.05, 4.69) is 11.6 Å². The van der Waals surface area contributed by atoms with E-state index in [0.29, 0.717) is 23.6 Å². The third-order valence-corrected chi connectivity index (χ3v) is 6.01. The summed E-state index contributed by atoms with van der Waals surface area (Å²) >= 11 is 6.09. The van der Waals surface area contributed by atoms with Gasteiger partial charge in [-0.2, -0.15) is 0 Å². The highest BCUT2D eigenvalue weighted by molar-refractivity contribution is 6.30. The highest BCUT2D eigenvalue weighted by Crippen LogP contribution is 2.42. The Kier molecular flexibility index (Phi) is 7.85. The second-order valence-electron chi connectivity index (χ2n) is 7.70. The summed E-state index contributed by atoms with van der Waals surface area (Å²) in [5.74, 6) is -0.451. The van der Waals surface area contributed by atoms with E-state index in [-0.39, 0.29) is 36.2 Å². The fraction of sp³-hybridized carbons (Fsp3) is 0.400. The fourth-order valence-electron chi connectivity index (χ4n) is 4.29. The molecule has 1 amide bonds. The lowest BCUT2D eigenvalue weighted by Gasteiger charge is -2.44. The first-order valence-electron chi connectivity index (χ1n) is 10.8. The maximum atomic E-state index is 13.6. The molecule has 0 N–H and O–H groups in total. The van der Waals surface area contributed by atoms with Crippen LogP contribution >= 0.6 is 11.6 Å². The minimum Gasteiger partial charge on any atom is -0.461 e. The predicted molar refractivity (Wildman–Crippen MR) is 122 cm³/mol. The first kappa shape index (κ1) is 23.0. The van der Waals surface area contributed by atoms with Crippen molar-refractivity contribution in [2.45, 2.75) is 51.6 Å². The molecule has 6 heteroatoms. The normalized spacial score (nSPS) is 19.7.